The lowest BCUT2D eigenvalue weighted by atomic mass is 9.99. The first-order chi connectivity index (χ1) is 16.7. The molecule has 0 unspecified atom stereocenters. The molecule has 1 aliphatic heterocycles. The highest BCUT2D eigenvalue weighted by Gasteiger charge is 2.47. The van der Waals surface area contributed by atoms with E-state index in [1.54, 1.807) is 7.11 Å². The van der Waals surface area contributed by atoms with Gasteiger partial charge in [0.1, 0.15) is 24.4 Å². The Bertz CT molecular complexity index is 956. The summed E-state index contributed by atoms with van der Waals surface area (Å²) in [6.45, 7) is 1.62. The summed E-state index contributed by atoms with van der Waals surface area (Å²) < 4.78 is 30.6. The topological polar surface area (TPSA) is 46.2 Å². The van der Waals surface area contributed by atoms with Crippen molar-refractivity contribution >= 4 is 11.6 Å². The van der Waals surface area contributed by atoms with Crippen molar-refractivity contribution in [3.63, 3.8) is 0 Å². The van der Waals surface area contributed by atoms with Gasteiger partial charge in [-0.05, 0) is 16.7 Å². The molecule has 0 aromatic heterocycles. The van der Waals surface area contributed by atoms with Crippen LogP contribution in [0, 0.1) is 0 Å². The molecular formula is C28H31ClO5. The minimum absolute atomic E-state index is 0.322. The number of benzene rings is 3. The zero-order valence-electron chi connectivity index (χ0n) is 19.3. The quantitative estimate of drug-likeness (QED) is 0.345. The molecule has 5 nitrogen and oxygen atoms in total. The number of rotatable bonds is 11. The molecule has 0 bridgehead atoms. The molecule has 3 aromatic rings. The van der Waals surface area contributed by atoms with Crippen LogP contribution in [0.1, 0.15) is 16.7 Å². The van der Waals surface area contributed by atoms with E-state index < -0.39 is 30.0 Å². The van der Waals surface area contributed by atoms with E-state index in [0.717, 1.165) is 16.7 Å². The first-order valence-corrected chi connectivity index (χ1v) is 11.9. The van der Waals surface area contributed by atoms with Crippen LogP contribution in [0.15, 0.2) is 91.0 Å². The fraction of sp³-hybridized carbons (Fsp3) is 0.357. The molecule has 5 atom stereocenters. The zero-order valence-corrected chi connectivity index (χ0v) is 20.1. The summed E-state index contributed by atoms with van der Waals surface area (Å²) >= 11 is 6.66. The standard InChI is InChI=1S/C28H31ClO5/c1-30-26-25(32-18-22-13-7-3-8-14-22)24(20-31-17-21-11-5-2-6-12-21)34-28(29)27(26)33-19-23-15-9-4-10-16-23/h2-16,24-28H,17-20H2,1H3/t24-,25+,26+,27-,28+/m1/s1. The van der Waals surface area contributed by atoms with E-state index in [4.69, 9.17) is 35.3 Å². The summed E-state index contributed by atoms with van der Waals surface area (Å²) in [5.41, 5.74) is 2.51. The number of methoxy groups -OCH3 is 1. The zero-order chi connectivity index (χ0) is 23.6. The molecule has 34 heavy (non-hydrogen) atoms. The average molecular weight is 483 g/mol. The van der Waals surface area contributed by atoms with E-state index in [2.05, 4.69) is 0 Å². The van der Waals surface area contributed by atoms with Crippen molar-refractivity contribution in [2.24, 2.45) is 0 Å². The van der Waals surface area contributed by atoms with Crippen molar-refractivity contribution < 1.29 is 23.7 Å². The van der Waals surface area contributed by atoms with Crippen LogP contribution in [0.4, 0.5) is 0 Å². The Balaban J connectivity index is 1.45. The van der Waals surface area contributed by atoms with Gasteiger partial charge in [-0.25, -0.2) is 0 Å². The molecule has 0 aliphatic carbocycles. The predicted molar refractivity (Wildman–Crippen MR) is 131 cm³/mol. The molecule has 0 N–H and O–H groups in total. The summed E-state index contributed by atoms with van der Waals surface area (Å²) in [5.74, 6) is 0. The van der Waals surface area contributed by atoms with Gasteiger partial charge in [0.05, 0.1) is 26.4 Å². The molecule has 0 saturated carbocycles. The maximum absolute atomic E-state index is 6.66. The molecule has 1 heterocycles. The molecule has 6 heteroatoms. The second kappa shape index (κ2) is 13.0. The van der Waals surface area contributed by atoms with Crippen LogP contribution < -0.4 is 0 Å². The lowest BCUT2D eigenvalue weighted by molar-refractivity contribution is -0.248. The summed E-state index contributed by atoms with van der Waals surface area (Å²) in [6.07, 6.45) is -1.75. The van der Waals surface area contributed by atoms with Crippen LogP contribution in [0.5, 0.6) is 0 Å². The first-order valence-electron chi connectivity index (χ1n) is 11.5. The van der Waals surface area contributed by atoms with Gasteiger partial charge in [-0.3, -0.25) is 0 Å². The van der Waals surface area contributed by atoms with Crippen molar-refractivity contribution in [2.75, 3.05) is 13.7 Å². The Labute approximate surface area is 206 Å². The number of ether oxygens (including phenoxy) is 5. The summed E-state index contributed by atoms with van der Waals surface area (Å²) in [7, 11) is 1.65. The highest BCUT2D eigenvalue weighted by atomic mass is 35.5. The Morgan fingerprint density at radius 2 is 1.12 bits per heavy atom. The minimum atomic E-state index is -0.699. The highest BCUT2D eigenvalue weighted by Crippen LogP contribution is 2.31. The van der Waals surface area contributed by atoms with E-state index in [-0.39, 0.29) is 0 Å². The molecule has 1 saturated heterocycles. The Hall–Kier alpha value is -2.25. The molecule has 1 aliphatic rings. The van der Waals surface area contributed by atoms with Crippen LogP contribution >= 0.6 is 11.6 Å². The van der Waals surface area contributed by atoms with Gasteiger partial charge < -0.3 is 23.7 Å². The van der Waals surface area contributed by atoms with E-state index in [0.29, 0.717) is 26.4 Å². The molecule has 3 aromatic carbocycles. The summed E-state index contributed by atoms with van der Waals surface area (Å²) in [5, 5.41) is 0. The fourth-order valence-corrected chi connectivity index (χ4v) is 4.39. The summed E-state index contributed by atoms with van der Waals surface area (Å²) in [4.78, 5) is 0. The third-order valence-electron chi connectivity index (χ3n) is 5.81. The van der Waals surface area contributed by atoms with Crippen molar-refractivity contribution in [3.05, 3.63) is 108 Å². The van der Waals surface area contributed by atoms with Gasteiger partial charge >= 0.3 is 0 Å². The monoisotopic (exact) mass is 482 g/mol. The molecule has 0 amide bonds. The molecule has 1 fully saturated rings. The number of hydrogen-bond acceptors (Lipinski definition) is 5. The molecule has 0 radical (unpaired) electrons. The molecular weight excluding hydrogens is 452 g/mol. The fourth-order valence-electron chi connectivity index (χ4n) is 4.05. The third-order valence-corrected chi connectivity index (χ3v) is 6.16. The second-order valence-electron chi connectivity index (χ2n) is 8.25. The maximum Gasteiger partial charge on any atom is 0.160 e. The van der Waals surface area contributed by atoms with Gasteiger partial charge in [-0.2, -0.15) is 0 Å². The maximum atomic E-state index is 6.66. The Kier molecular flexibility index (Phi) is 9.51. The summed E-state index contributed by atoms with van der Waals surface area (Å²) in [6, 6.07) is 30.0. The van der Waals surface area contributed by atoms with Gasteiger partial charge in [0.15, 0.2) is 5.56 Å². The Morgan fingerprint density at radius 3 is 1.62 bits per heavy atom. The highest BCUT2D eigenvalue weighted by molar-refractivity contribution is 6.20. The first kappa shape index (κ1) is 24.9. The number of halogens is 1. The lowest BCUT2D eigenvalue weighted by Crippen LogP contribution is -2.59. The smallest absolute Gasteiger partial charge is 0.160 e. The SMILES string of the molecule is CO[C@@H]1[C@@H](OCc2ccccc2)[C@@H](Cl)O[C@H](COCc2ccccc2)[C@@H]1OCc1ccccc1. The third kappa shape index (κ3) is 6.89. The number of alkyl halides is 1. The number of hydrogen-bond donors (Lipinski definition) is 0. The van der Waals surface area contributed by atoms with Crippen LogP contribution in [0.25, 0.3) is 0 Å². The molecule has 4 rings (SSSR count). The van der Waals surface area contributed by atoms with Crippen LogP contribution in [0.3, 0.4) is 0 Å². The van der Waals surface area contributed by atoms with E-state index >= 15 is 0 Å². The van der Waals surface area contributed by atoms with Crippen molar-refractivity contribution in [3.8, 4) is 0 Å². The van der Waals surface area contributed by atoms with Crippen LogP contribution in [0.2, 0.25) is 0 Å². The average Bonchev–Trinajstić information content (AvgIpc) is 2.89. The van der Waals surface area contributed by atoms with Gasteiger partial charge in [-0.15, -0.1) is 0 Å². The van der Waals surface area contributed by atoms with Gasteiger partial charge in [0.2, 0.25) is 0 Å². The lowest BCUT2D eigenvalue weighted by Gasteiger charge is -2.43. The van der Waals surface area contributed by atoms with Crippen molar-refractivity contribution in [1.29, 1.82) is 0 Å². The Morgan fingerprint density at radius 1 is 0.647 bits per heavy atom. The van der Waals surface area contributed by atoms with E-state index in [9.17, 15) is 0 Å². The molecule has 180 valence electrons. The van der Waals surface area contributed by atoms with Crippen LogP contribution in [-0.2, 0) is 43.5 Å². The van der Waals surface area contributed by atoms with Crippen LogP contribution in [-0.4, -0.2) is 43.7 Å². The van der Waals surface area contributed by atoms with Gasteiger partial charge in [0, 0.05) is 7.11 Å². The van der Waals surface area contributed by atoms with Gasteiger partial charge in [0.25, 0.3) is 0 Å². The molecule has 0 spiro atoms. The predicted octanol–water partition coefficient (Wildman–Crippen LogP) is 5.35. The second-order valence-corrected chi connectivity index (χ2v) is 8.68. The largest absolute Gasteiger partial charge is 0.376 e. The van der Waals surface area contributed by atoms with E-state index in [1.807, 2.05) is 91.0 Å². The van der Waals surface area contributed by atoms with Crippen molar-refractivity contribution in [2.45, 2.75) is 49.8 Å². The van der Waals surface area contributed by atoms with Gasteiger partial charge in [-0.1, -0.05) is 103 Å². The van der Waals surface area contributed by atoms with Crippen molar-refractivity contribution in [1.82, 2.24) is 0 Å². The van der Waals surface area contributed by atoms with E-state index in [1.165, 1.54) is 0 Å². The minimum Gasteiger partial charge on any atom is -0.376 e. The normalized spacial score (nSPS) is 24.7.